The van der Waals surface area contributed by atoms with Gasteiger partial charge in [0, 0.05) is 37.7 Å². The molecule has 2 spiro atoms. The Morgan fingerprint density at radius 2 is 1.14 bits per heavy atom. The maximum absolute atomic E-state index is 2.67. The topological polar surface area (TPSA) is 3.24 Å². The monoisotopic (exact) mass is 785 g/mol. The van der Waals surface area contributed by atoms with Gasteiger partial charge in [-0.2, -0.15) is 0 Å². The lowest BCUT2D eigenvalue weighted by Gasteiger charge is -2.78. The molecule has 59 heavy (non-hydrogen) atoms. The van der Waals surface area contributed by atoms with Crippen LogP contribution in [0.15, 0.2) is 137 Å². The van der Waals surface area contributed by atoms with Gasteiger partial charge in [0.2, 0.25) is 0 Å². The molecule has 1 aliphatic heterocycles. The largest absolute Gasteiger partial charge is 0.310 e. The fraction of sp³-hybridized carbons (Fsp3) is 0.368. The second kappa shape index (κ2) is 11.4. The smallest absolute Gasteiger partial charge is 0.0465 e. The van der Waals surface area contributed by atoms with Crippen LogP contribution in [0, 0.1) is 29.1 Å². The average molecular weight is 786 g/mol. The highest BCUT2D eigenvalue weighted by molar-refractivity contribution is 7.99. The van der Waals surface area contributed by atoms with Crippen LogP contribution >= 0.6 is 11.8 Å². The number of hydrogen-bond acceptors (Lipinski definition) is 2. The van der Waals surface area contributed by atoms with Crippen molar-refractivity contribution in [1.29, 1.82) is 0 Å². The molecule has 294 valence electrons. The lowest BCUT2D eigenvalue weighted by atomic mass is 9.26. The number of rotatable bonds is 4. The first-order valence-corrected chi connectivity index (χ1v) is 23.5. The van der Waals surface area contributed by atoms with Crippen LogP contribution in [0.25, 0.3) is 22.3 Å². The summed E-state index contributed by atoms with van der Waals surface area (Å²) in [4.78, 5) is 5.57. The van der Waals surface area contributed by atoms with Crippen LogP contribution in [0.5, 0.6) is 0 Å². The zero-order valence-corrected chi connectivity index (χ0v) is 36.3. The molecule has 4 saturated carbocycles. The van der Waals surface area contributed by atoms with Gasteiger partial charge in [0.25, 0.3) is 0 Å². The molecular formula is C57H55NS. The van der Waals surface area contributed by atoms with Crippen molar-refractivity contribution < 1.29 is 0 Å². The van der Waals surface area contributed by atoms with Crippen LogP contribution in [-0.2, 0) is 21.7 Å². The van der Waals surface area contributed by atoms with Gasteiger partial charge in [0.1, 0.15) is 0 Å². The van der Waals surface area contributed by atoms with Gasteiger partial charge in [-0.25, -0.2) is 0 Å². The van der Waals surface area contributed by atoms with Gasteiger partial charge in [-0.3, -0.25) is 0 Å². The summed E-state index contributed by atoms with van der Waals surface area (Å²) >= 11 is 2.02. The fourth-order valence-corrected chi connectivity index (χ4v) is 16.5. The van der Waals surface area contributed by atoms with E-state index in [1.165, 1.54) is 110 Å². The maximum Gasteiger partial charge on any atom is 0.0465 e. The molecule has 6 unspecified atom stereocenters. The molecule has 2 bridgehead atoms. The van der Waals surface area contributed by atoms with Crippen molar-refractivity contribution in [3.63, 3.8) is 0 Å². The van der Waals surface area contributed by atoms with Crippen molar-refractivity contribution in [2.45, 2.75) is 112 Å². The molecule has 4 fully saturated rings. The standard InChI is InChI=1S/C57H55NS/c1-53(2)26-27-54(3,4)52-40(13-11-16-45(52)53)35-18-20-37(21-19-35)58(38-22-24-42-41-12-7-8-14-43(41)55(5,6)46(42)31-38)39-23-25-49-47(32-39)57(44-15-9-10-17-48(44)59-49)50-29-34-28-36-30-51(57)56(36,50)33-34/h7-25,31-32,34,36,50-51H,26-30,33H2,1-6H3. The number of hydrogen-bond donors (Lipinski definition) is 0. The summed E-state index contributed by atoms with van der Waals surface area (Å²) < 4.78 is 0. The number of nitrogens with zero attached hydrogens (tertiary/aromatic N) is 1. The minimum absolute atomic E-state index is 0.0759. The summed E-state index contributed by atoms with van der Waals surface area (Å²) in [5, 5.41) is 0. The molecule has 6 aromatic carbocycles. The van der Waals surface area contributed by atoms with Crippen molar-refractivity contribution in [1.82, 2.24) is 0 Å². The summed E-state index contributed by atoms with van der Waals surface area (Å²) in [6.07, 6.45) is 8.25. The van der Waals surface area contributed by atoms with E-state index in [2.05, 4.69) is 174 Å². The number of benzene rings is 6. The second-order valence-corrected chi connectivity index (χ2v) is 22.7. The fourth-order valence-electron chi connectivity index (χ4n) is 15.2. The lowest BCUT2D eigenvalue weighted by Crippen LogP contribution is -2.74. The van der Waals surface area contributed by atoms with E-state index in [9.17, 15) is 0 Å². The molecule has 7 aliphatic rings. The SMILES string of the molecule is CC1(C)CCC(C)(C)c2c(-c3ccc(N(c4ccc5c(c4)C(C)(C)c4ccccc4-5)c4ccc5c(c4)C4(c6ccccc6S5)C5CC6CC7CC4C75C6)cc3)cccc21. The minimum Gasteiger partial charge on any atom is -0.310 e. The van der Waals surface area contributed by atoms with Gasteiger partial charge < -0.3 is 4.90 Å². The Balaban J connectivity index is 0.985. The van der Waals surface area contributed by atoms with Crippen LogP contribution < -0.4 is 4.90 Å². The third-order valence-electron chi connectivity index (χ3n) is 17.8. The Morgan fingerprint density at radius 1 is 0.508 bits per heavy atom. The molecule has 2 heteroatoms. The first kappa shape index (κ1) is 35.2. The summed E-state index contributed by atoms with van der Waals surface area (Å²) in [6.45, 7) is 14.6. The summed E-state index contributed by atoms with van der Waals surface area (Å²) in [5.74, 6) is 3.44. The third-order valence-corrected chi connectivity index (χ3v) is 19.0. The molecular weight excluding hydrogens is 731 g/mol. The molecule has 0 amide bonds. The van der Waals surface area contributed by atoms with E-state index >= 15 is 0 Å². The molecule has 0 radical (unpaired) electrons. The average Bonchev–Trinajstić information content (AvgIpc) is 3.85. The van der Waals surface area contributed by atoms with Gasteiger partial charge in [0.15, 0.2) is 0 Å². The first-order valence-electron chi connectivity index (χ1n) is 22.6. The normalized spacial score (nSPS) is 29.6. The minimum atomic E-state index is -0.0759. The van der Waals surface area contributed by atoms with Crippen molar-refractivity contribution in [2.75, 3.05) is 4.90 Å². The van der Waals surface area contributed by atoms with Gasteiger partial charge in [-0.05, 0) is 183 Å². The third kappa shape index (κ3) is 4.30. The van der Waals surface area contributed by atoms with E-state index in [-0.39, 0.29) is 21.7 Å². The predicted molar refractivity (Wildman–Crippen MR) is 246 cm³/mol. The van der Waals surface area contributed by atoms with Crippen molar-refractivity contribution >= 4 is 28.8 Å². The van der Waals surface area contributed by atoms with Crippen LogP contribution in [0.4, 0.5) is 17.1 Å². The highest BCUT2D eigenvalue weighted by Crippen LogP contribution is 2.89. The van der Waals surface area contributed by atoms with E-state index < -0.39 is 0 Å². The Labute approximate surface area is 355 Å². The summed E-state index contributed by atoms with van der Waals surface area (Å²) in [5.41, 5.74) is 19.3. The highest BCUT2D eigenvalue weighted by Gasteiger charge is 2.84. The number of anilines is 3. The van der Waals surface area contributed by atoms with Crippen LogP contribution in [-0.4, -0.2) is 0 Å². The van der Waals surface area contributed by atoms with Crippen LogP contribution in [0.1, 0.15) is 113 Å². The van der Waals surface area contributed by atoms with E-state index in [4.69, 9.17) is 0 Å². The molecule has 6 atom stereocenters. The van der Waals surface area contributed by atoms with Gasteiger partial charge in [-0.15, -0.1) is 0 Å². The molecule has 1 heterocycles. The van der Waals surface area contributed by atoms with Crippen molar-refractivity contribution in [2.24, 2.45) is 29.1 Å². The Kier molecular flexibility index (Phi) is 6.83. The zero-order valence-electron chi connectivity index (χ0n) is 35.5. The Bertz CT molecular complexity index is 2790. The van der Waals surface area contributed by atoms with Gasteiger partial charge in [0.05, 0.1) is 0 Å². The molecule has 6 aromatic rings. The first-order chi connectivity index (χ1) is 28.4. The summed E-state index contributed by atoms with van der Waals surface area (Å²) in [6, 6.07) is 50.2. The van der Waals surface area contributed by atoms with E-state index in [1.54, 1.807) is 11.1 Å². The second-order valence-electron chi connectivity index (χ2n) is 21.6. The molecule has 0 aromatic heterocycles. The molecule has 1 nitrogen and oxygen atoms in total. The molecule has 0 saturated heterocycles. The summed E-state index contributed by atoms with van der Waals surface area (Å²) in [7, 11) is 0. The lowest BCUT2D eigenvalue weighted by molar-refractivity contribution is -0.235. The quantitative estimate of drug-likeness (QED) is 0.175. The Hall–Kier alpha value is -4.53. The van der Waals surface area contributed by atoms with Crippen LogP contribution in [0.2, 0.25) is 0 Å². The molecule has 13 rings (SSSR count). The van der Waals surface area contributed by atoms with E-state index in [1.807, 2.05) is 11.8 Å². The van der Waals surface area contributed by atoms with E-state index in [0.29, 0.717) is 5.41 Å². The maximum atomic E-state index is 2.67. The zero-order chi connectivity index (χ0) is 39.8. The van der Waals surface area contributed by atoms with E-state index in [0.717, 1.165) is 23.7 Å². The molecule has 0 N–H and O–H groups in total. The molecule has 6 aliphatic carbocycles. The highest BCUT2D eigenvalue weighted by atomic mass is 32.2. The van der Waals surface area contributed by atoms with Crippen LogP contribution in [0.3, 0.4) is 0 Å². The predicted octanol–water partition coefficient (Wildman–Crippen LogP) is 15.3. The number of fused-ring (bicyclic) bond motifs is 11. The van der Waals surface area contributed by atoms with Crippen molar-refractivity contribution in [3.05, 3.63) is 161 Å². The van der Waals surface area contributed by atoms with Gasteiger partial charge in [-0.1, -0.05) is 132 Å². The van der Waals surface area contributed by atoms with Crippen molar-refractivity contribution in [3.8, 4) is 22.3 Å². The van der Waals surface area contributed by atoms with Gasteiger partial charge >= 0.3 is 0 Å². The Morgan fingerprint density at radius 3 is 1.95 bits per heavy atom.